The first-order valence-electron chi connectivity index (χ1n) is 7.78. The molecule has 2 aromatic carbocycles. The molecule has 0 bridgehead atoms. The van der Waals surface area contributed by atoms with Crippen LogP contribution in [0.25, 0.3) is 27.2 Å². The van der Waals surface area contributed by atoms with E-state index in [4.69, 9.17) is 0 Å². The van der Waals surface area contributed by atoms with Crippen molar-refractivity contribution in [3.8, 4) is 5.69 Å². The van der Waals surface area contributed by atoms with E-state index in [1.54, 1.807) is 31.2 Å². The molecule has 0 amide bonds. The van der Waals surface area contributed by atoms with Gasteiger partial charge in [0.1, 0.15) is 0 Å². The third kappa shape index (κ3) is 1.85. The van der Waals surface area contributed by atoms with E-state index in [1.807, 2.05) is 6.92 Å². The molecular formula is C19H14N2O4. The van der Waals surface area contributed by atoms with Crippen LogP contribution in [0.1, 0.15) is 11.1 Å². The van der Waals surface area contributed by atoms with Crippen LogP contribution in [0.3, 0.4) is 0 Å². The number of benzene rings is 2. The highest BCUT2D eigenvalue weighted by molar-refractivity contribution is 6.08. The Morgan fingerprint density at radius 3 is 1.96 bits per heavy atom. The van der Waals surface area contributed by atoms with E-state index >= 15 is 0 Å². The molecule has 0 aliphatic heterocycles. The fraction of sp³-hybridized carbons (Fsp3) is 0.158. The fourth-order valence-corrected chi connectivity index (χ4v) is 3.38. The minimum absolute atomic E-state index is 0.0288. The first-order chi connectivity index (χ1) is 11.8. The molecule has 4 rings (SSSR count). The second kappa shape index (κ2) is 4.86. The van der Waals surface area contributed by atoms with Gasteiger partial charge in [-0.2, -0.15) is 0 Å². The molecule has 6 nitrogen and oxygen atoms in total. The number of fused-ring (bicyclic) bond motifs is 3. The summed E-state index contributed by atoms with van der Waals surface area (Å²) in [5, 5.41) is 0.431. The van der Waals surface area contributed by atoms with Gasteiger partial charge in [-0.25, -0.2) is 4.57 Å². The number of hydrogen-bond donors (Lipinski definition) is 0. The maximum Gasteiger partial charge on any atom is 0.266 e. The Labute approximate surface area is 140 Å². The highest BCUT2D eigenvalue weighted by atomic mass is 16.2. The predicted octanol–water partition coefficient (Wildman–Crippen LogP) is 1.06. The molecule has 0 saturated carbocycles. The number of hydrogen-bond acceptors (Lipinski definition) is 4. The van der Waals surface area contributed by atoms with Gasteiger partial charge in [-0.3, -0.25) is 23.7 Å². The van der Waals surface area contributed by atoms with Crippen molar-refractivity contribution in [2.24, 2.45) is 7.05 Å². The van der Waals surface area contributed by atoms with Crippen LogP contribution in [0.2, 0.25) is 0 Å². The van der Waals surface area contributed by atoms with Gasteiger partial charge in [0.05, 0.1) is 27.2 Å². The lowest BCUT2D eigenvalue weighted by Crippen LogP contribution is -2.24. The van der Waals surface area contributed by atoms with Gasteiger partial charge in [0.15, 0.2) is 0 Å². The molecule has 6 heteroatoms. The Kier molecular flexibility index (Phi) is 2.97. The summed E-state index contributed by atoms with van der Waals surface area (Å²) < 4.78 is 2.03. The van der Waals surface area contributed by atoms with E-state index < -0.39 is 22.2 Å². The molecule has 4 aromatic rings. The zero-order valence-corrected chi connectivity index (χ0v) is 13.9. The van der Waals surface area contributed by atoms with Crippen molar-refractivity contribution in [3.05, 3.63) is 82.9 Å². The van der Waals surface area contributed by atoms with Gasteiger partial charge in [-0.05, 0) is 37.6 Å². The van der Waals surface area contributed by atoms with Crippen LogP contribution >= 0.6 is 0 Å². The lowest BCUT2D eigenvalue weighted by Gasteiger charge is -2.00. The Balaban J connectivity index is 2.31. The quantitative estimate of drug-likeness (QED) is 0.521. The highest BCUT2D eigenvalue weighted by Crippen LogP contribution is 2.21. The lowest BCUT2D eigenvalue weighted by atomic mass is 10.0. The molecule has 0 saturated heterocycles. The Morgan fingerprint density at radius 2 is 1.32 bits per heavy atom. The summed E-state index contributed by atoms with van der Waals surface area (Å²) in [7, 11) is 1.37. The molecule has 0 unspecified atom stereocenters. The Morgan fingerprint density at radius 1 is 0.720 bits per heavy atom. The fourth-order valence-electron chi connectivity index (χ4n) is 3.38. The average Bonchev–Trinajstić information content (AvgIpc) is 2.96. The average molecular weight is 334 g/mol. The van der Waals surface area contributed by atoms with E-state index in [1.165, 1.54) is 13.1 Å². The Bertz CT molecular complexity index is 1380. The van der Waals surface area contributed by atoms with E-state index in [0.717, 1.165) is 14.7 Å². The number of aromatic nitrogens is 2. The summed E-state index contributed by atoms with van der Waals surface area (Å²) in [4.78, 5) is 50.5. The van der Waals surface area contributed by atoms with Crippen molar-refractivity contribution in [1.82, 2.24) is 9.13 Å². The molecule has 0 spiro atoms. The molecule has 0 aliphatic rings. The molecule has 0 aliphatic carbocycles. The molecule has 2 aromatic heterocycles. The molecule has 124 valence electrons. The zero-order valence-electron chi connectivity index (χ0n) is 13.9. The van der Waals surface area contributed by atoms with Crippen LogP contribution in [0.5, 0.6) is 0 Å². The van der Waals surface area contributed by atoms with Gasteiger partial charge in [-0.15, -0.1) is 0 Å². The van der Waals surface area contributed by atoms with Crippen molar-refractivity contribution >= 4 is 21.5 Å². The highest BCUT2D eigenvalue weighted by Gasteiger charge is 2.23. The first-order valence-corrected chi connectivity index (χ1v) is 7.78. The summed E-state index contributed by atoms with van der Waals surface area (Å²) in [5.74, 6) is 0. The van der Waals surface area contributed by atoms with Crippen LogP contribution in [0.4, 0.5) is 0 Å². The van der Waals surface area contributed by atoms with Crippen LogP contribution in [0.15, 0.2) is 49.5 Å². The summed E-state index contributed by atoms with van der Waals surface area (Å²) in [6.07, 6.45) is 0. The lowest BCUT2D eigenvalue weighted by molar-refractivity contribution is 0.857. The number of nitrogens with zero attached hydrogens (tertiary/aromatic N) is 2. The van der Waals surface area contributed by atoms with Gasteiger partial charge >= 0.3 is 0 Å². The molecular weight excluding hydrogens is 320 g/mol. The summed E-state index contributed by atoms with van der Waals surface area (Å²) >= 11 is 0. The van der Waals surface area contributed by atoms with Crippen molar-refractivity contribution in [2.45, 2.75) is 13.8 Å². The SMILES string of the molecule is Cc1ccc(-n2c(=O)c3c(C)cc4c(=O)n(C)c(=O)c4c3c2=O)cc1. The summed E-state index contributed by atoms with van der Waals surface area (Å²) in [5.41, 5.74) is -0.102. The maximum absolute atomic E-state index is 13.0. The minimum Gasteiger partial charge on any atom is -0.277 e. The molecule has 0 radical (unpaired) electrons. The van der Waals surface area contributed by atoms with Crippen molar-refractivity contribution in [3.63, 3.8) is 0 Å². The van der Waals surface area contributed by atoms with Crippen LogP contribution in [-0.4, -0.2) is 9.13 Å². The zero-order chi connectivity index (χ0) is 18.0. The minimum atomic E-state index is -0.569. The number of rotatable bonds is 1. The second-order valence-corrected chi connectivity index (χ2v) is 6.32. The largest absolute Gasteiger partial charge is 0.277 e. The summed E-state index contributed by atoms with van der Waals surface area (Å²) in [6.45, 7) is 3.57. The topological polar surface area (TPSA) is 78.1 Å². The monoisotopic (exact) mass is 334 g/mol. The third-order valence-electron chi connectivity index (χ3n) is 4.70. The van der Waals surface area contributed by atoms with E-state index in [9.17, 15) is 19.2 Å². The molecule has 0 N–H and O–H groups in total. The van der Waals surface area contributed by atoms with E-state index in [0.29, 0.717) is 11.3 Å². The molecule has 0 atom stereocenters. The maximum atomic E-state index is 13.0. The van der Waals surface area contributed by atoms with Crippen molar-refractivity contribution < 1.29 is 0 Å². The van der Waals surface area contributed by atoms with E-state index in [2.05, 4.69) is 0 Å². The van der Waals surface area contributed by atoms with Crippen LogP contribution in [-0.2, 0) is 7.05 Å². The molecule has 0 fully saturated rings. The normalized spacial score (nSPS) is 11.6. The smallest absolute Gasteiger partial charge is 0.266 e. The van der Waals surface area contributed by atoms with Crippen LogP contribution < -0.4 is 22.2 Å². The van der Waals surface area contributed by atoms with Gasteiger partial charge in [-0.1, -0.05) is 17.7 Å². The van der Waals surface area contributed by atoms with Gasteiger partial charge in [0.25, 0.3) is 22.2 Å². The predicted molar refractivity (Wildman–Crippen MR) is 96.7 cm³/mol. The second-order valence-electron chi connectivity index (χ2n) is 6.32. The van der Waals surface area contributed by atoms with Gasteiger partial charge < -0.3 is 0 Å². The van der Waals surface area contributed by atoms with Crippen molar-refractivity contribution in [2.75, 3.05) is 0 Å². The third-order valence-corrected chi connectivity index (χ3v) is 4.70. The number of aryl methyl sites for hydroxylation is 2. The molecule has 2 heterocycles. The van der Waals surface area contributed by atoms with Crippen LogP contribution in [0, 0.1) is 13.8 Å². The standard InChI is InChI=1S/C19H14N2O4/c1-9-4-6-11(7-5-9)21-18(24)13-10(2)8-12-14(15(13)19(21)25)17(23)20(3)16(12)22/h4-8H,1-3H3. The van der Waals surface area contributed by atoms with E-state index in [-0.39, 0.29) is 21.5 Å². The summed E-state index contributed by atoms with van der Waals surface area (Å²) in [6, 6.07) is 8.50. The molecule has 25 heavy (non-hydrogen) atoms. The van der Waals surface area contributed by atoms with Gasteiger partial charge in [0.2, 0.25) is 0 Å². The van der Waals surface area contributed by atoms with Crippen molar-refractivity contribution in [1.29, 1.82) is 0 Å². The first kappa shape index (κ1) is 15.3. The van der Waals surface area contributed by atoms with Gasteiger partial charge in [0, 0.05) is 7.05 Å². The Hall–Kier alpha value is -3.28.